The Bertz CT molecular complexity index is 1040. The van der Waals surface area contributed by atoms with Crippen LogP contribution >= 0.6 is 11.6 Å². The topological polar surface area (TPSA) is 86.8 Å². The number of benzene rings is 2. The molecule has 4 amide bonds. The van der Waals surface area contributed by atoms with Crippen LogP contribution < -0.4 is 5.32 Å². The van der Waals surface area contributed by atoms with Crippen molar-refractivity contribution in [3.63, 3.8) is 0 Å². The minimum Gasteiger partial charge on any atom is -0.354 e. The van der Waals surface area contributed by atoms with E-state index in [1.165, 1.54) is 9.80 Å². The number of nitrogens with one attached hydrogen (secondary N) is 1. The van der Waals surface area contributed by atoms with Crippen molar-refractivity contribution in [3.05, 3.63) is 70.2 Å². The van der Waals surface area contributed by atoms with Gasteiger partial charge in [0, 0.05) is 31.1 Å². The standard InChI is InChI=1S/C26H30ClN3O4/c1-3-4-15-28-24(32)18(2)30(17-19-10-5-8-13-22(19)27)23(31)14-9-16-29-25(33)20-11-6-7-12-21(20)26(29)34/h5-8,10-13,18H,3-4,9,14-17H2,1-2H3,(H,28,32)/t18-/m0/s1. The van der Waals surface area contributed by atoms with Gasteiger partial charge in [0.2, 0.25) is 11.8 Å². The lowest BCUT2D eigenvalue weighted by Crippen LogP contribution is -2.48. The molecule has 1 aliphatic heterocycles. The van der Waals surface area contributed by atoms with Crippen molar-refractivity contribution in [2.45, 2.75) is 52.1 Å². The Labute approximate surface area is 205 Å². The molecule has 0 spiro atoms. The van der Waals surface area contributed by atoms with E-state index >= 15 is 0 Å². The fourth-order valence-electron chi connectivity index (χ4n) is 3.90. The summed E-state index contributed by atoms with van der Waals surface area (Å²) in [6, 6.07) is 13.2. The minimum absolute atomic E-state index is 0.0877. The lowest BCUT2D eigenvalue weighted by atomic mass is 10.1. The van der Waals surface area contributed by atoms with Crippen molar-refractivity contribution in [1.82, 2.24) is 15.1 Å². The molecule has 1 aliphatic rings. The van der Waals surface area contributed by atoms with E-state index in [0.29, 0.717) is 29.1 Å². The number of nitrogens with zero attached hydrogens (tertiary/aromatic N) is 2. The molecule has 2 aromatic rings. The predicted molar refractivity (Wildman–Crippen MR) is 130 cm³/mol. The van der Waals surface area contributed by atoms with Crippen LogP contribution in [0.1, 0.15) is 65.8 Å². The summed E-state index contributed by atoms with van der Waals surface area (Å²) in [5.74, 6) is -1.15. The van der Waals surface area contributed by atoms with Gasteiger partial charge in [-0.25, -0.2) is 0 Å². The monoisotopic (exact) mass is 483 g/mol. The molecule has 0 bridgehead atoms. The van der Waals surface area contributed by atoms with Crippen molar-refractivity contribution >= 4 is 35.2 Å². The molecule has 34 heavy (non-hydrogen) atoms. The molecule has 180 valence electrons. The third kappa shape index (κ3) is 5.83. The van der Waals surface area contributed by atoms with Gasteiger partial charge in [0.15, 0.2) is 0 Å². The average molecular weight is 484 g/mol. The maximum atomic E-state index is 13.2. The first-order chi connectivity index (χ1) is 16.3. The van der Waals surface area contributed by atoms with Crippen LogP contribution in [0.2, 0.25) is 5.02 Å². The fourth-order valence-corrected chi connectivity index (χ4v) is 4.10. The van der Waals surface area contributed by atoms with E-state index in [1.807, 2.05) is 19.1 Å². The molecule has 1 heterocycles. The minimum atomic E-state index is -0.695. The van der Waals surface area contributed by atoms with E-state index in [2.05, 4.69) is 5.32 Å². The Morgan fingerprint density at radius 2 is 1.62 bits per heavy atom. The smallest absolute Gasteiger partial charge is 0.261 e. The summed E-state index contributed by atoms with van der Waals surface area (Å²) < 4.78 is 0. The van der Waals surface area contributed by atoms with Crippen LogP contribution in [0.4, 0.5) is 0 Å². The Balaban J connectivity index is 1.66. The van der Waals surface area contributed by atoms with Crippen LogP contribution in [0.5, 0.6) is 0 Å². The van der Waals surface area contributed by atoms with Gasteiger partial charge in [-0.2, -0.15) is 0 Å². The third-order valence-electron chi connectivity index (χ3n) is 5.95. The molecule has 7 nitrogen and oxygen atoms in total. The molecule has 3 rings (SSSR count). The summed E-state index contributed by atoms with van der Waals surface area (Å²) in [5, 5.41) is 3.40. The molecule has 1 N–H and O–H groups in total. The molecule has 0 radical (unpaired) electrons. The average Bonchev–Trinajstić information content (AvgIpc) is 3.08. The Morgan fingerprint density at radius 3 is 2.24 bits per heavy atom. The number of rotatable bonds is 11. The van der Waals surface area contributed by atoms with Crippen molar-refractivity contribution in [3.8, 4) is 0 Å². The first-order valence-corrected chi connectivity index (χ1v) is 12.0. The Morgan fingerprint density at radius 1 is 1.00 bits per heavy atom. The molecule has 0 unspecified atom stereocenters. The first kappa shape index (κ1) is 25.4. The van der Waals surface area contributed by atoms with E-state index in [1.54, 1.807) is 43.3 Å². The molecule has 0 saturated heterocycles. The lowest BCUT2D eigenvalue weighted by molar-refractivity contribution is -0.140. The third-order valence-corrected chi connectivity index (χ3v) is 6.31. The predicted octanol–water partition coefficient (Wildman–Crippen LogP) is 4.05. The number of hydrogen-bond donors (Lipinski definition) is 1. The van der Waals surface area contributed by atoms with Gasteiger partial charge in [0.05, 0.1) is 11.1 Å². The second kappa shape index (κ2) is 11.8. The highest BCUT2D eigenvalue weighted by molar-refractivity contribution is 6.31. The fraction of sp³-hybridized carbons (Fsp3) is 0.385. The van der Waals surface area contributed by atoms with Gasteiger partial charge in [-0.3, -0.25) is 24.1 Å². The molecule has 0 saturated carbocycles. The number of fused-ring (bicyclic) bond motifs is 1. The number of imide groups is 1. The number of carbonyl (C=O) groups is 4. The van der Waals surface area contributed by atoms with Crippen LogP contribution in [0.3, 0.4) is 0 Å². The zero-order valence-corrected chi connectivity index (χ0v) is 20.3. The highest BCUT2D eigenvalue weighted by Gasteiger charge is 2.35. The van der Waals surface area contributed by atoms with Gasteiger partial charge in [-0.05, 0) is 43.5 Å². The summed E-state index contributed by atoms with van der Waals surface area (Å²) in [7, 11) is 0. The maximum absolute atomic E-state index is 13.2. The van der Waals surface area contributed by atoms with Gasteiger partial charge >= 0.3 is 0 Å². The van der Waals surface area contributed by atoms with E-state index in [-0.39, 0.29) is 43.1 Å². The second-order valence-electron chi connectivity index (χ2n) is 8.34. The zero-order chi connectivity index (χ0) is 24.7. The molecule has 0 aliphatic carbocycles. The SMILES string of the molecule is CCCCNC(=O)[C@H](C)N(Cc1ccccc1Cl)C(=O)CCCN1C(=O)c2ccccc2C1=O. The van der Waals surface area contributed by atoms with Crippen molar-refractivity contribution in [2.75, 3.05) is 13.1 Å². The Hall–Kier alpha value is -3.19. The van der Waals surface area contributed by atoms with Crippen molar-refractivity contribution in [2.24, 2.45) is 0 Å². The Kier molecular flexibility index (Phi) is 8.82. The summed E-state index contributed by atoms with van der Waals surface area (Å²) in [4.78, 5) is 53.7. The maximum Gasteiger partial charge on any atom is 0.261 e. The van der Waals surface area contributed by atoms with Gasteiger partial charge in [-0.15, -0.1) is 0 Å². The number of amides is 4. The molecular weight excluding hydrogens is 454 g/mol. The van der Waals surface area contributed by atoms with E-state index in [9.17, 15) is 19.2 Å². The number of hydrogen-bond acceptors (Lipinski definition) is 4. The highest BCUT2D eigenvalue weighted by atomic mass is 35.5. The van der Waals surface area contributed by atoms with Crippen molar-refractivity contribution in [1.29, 1.82) is 0 Å². The summed E-state index contributed by atoms with van der Waals surface area (Å²) >= 11 is 6.31. The number of halogens is 1. The summed E-state index contributed by atoms with van der Waals surface area (Å²) in [5.41, 5.74) is 1.51. The molecule has 0 fully saturated rings. The largest absolute Gasteiger partial charge is 0.354 e. The first-order valence-electron chi connectivity index (χ1n) is 11.6. The quantitative estimate of drug-likeness (QED) is 0.386. The molecule has 0 aromatic heterocycles. The van der Waals surface area contributed by atoms with E-state index in [0.717, 1.165) is 18.4 Å². The van der Waals surface area contributed by atoms with Crippen LogP contribution in [-0.4, -0.2) is 52.6 Å². The molecule has 1 atom stereocenters. The van der Waals surface area contributed by atoms with Crippen molar-refractivity contribution < 1.29 is 19.2 Å². The lowest BCUT2D eigenvalue weighted by Gasteiger charge is -2.29. The van der Waals surface area contributed by atoms with Gasteiger partial charge < -0.3 is 10.2 Å². The van der Waals surface area contributed by atoms with E-state index < -0.39 is 6.04 Å². The van der Waals surface area contributed by atoms with Crippen LogP contribution in [0.25, 0.3) is 0 Å². The van der Waals surface area contributed by atoms with Crippen LogP contribution in [-0.2, 0) is 16.1 Å². The van der Waals surface area contributed by atoms with Gasteiger partial charge in [0.1, 0.15) is 6.04 Å². The molecular formula is C26H30ClN3O4. The number of carbonyl (C=O) groups excluding carboxylic acids is 4. The normalized spacial score (nSPS) is 13.6. The van der Waals surface area contributed by atoms with Gasteiger partial charge in [-0.1, -0.05) is 55.3 Å². The summed E-state index contributed by atoms with van der Waals surface area (Å²) in [6.07, 6.45) is 2.20. The second-order valence-corrected chi connectivity index (χ2v) is 8.75. The summed E-state index contributed by atoms with van der Waals surface area (Å²) in [6.45, 7) is 4.61. The van der Waals surface area contributed by atoms with Crippen LogP contribution in [0, 0.1) is 0 Å². The van der Waals surface area contributed by atoms with E-state index in [4.69, 9.17) is 11.6 Å². The molecule has 8 heteroatoms. The number of unbranched alkanes of at least 4 members (excludes halogenated alkanes) is 1. The highest BCUT2D eigenvalue weighted by Crippen LogP contribution is 2.23. The van der Waals surface area contributed by atoms with Gasteiger partial charge in [0.25, 0.3) is 11.8 Å². The zero-order valence-electron chi connectivity index (χ0n) is 19.6. The van der Waals surface area contributed by atoms with Crippen LogP contribution in [0.15, 0.2) is 48.5 Å². The molecule has 2 aromatic carbocycles.